The van der Waals surface area contributed by atoms with Gasteiger partial charge in [-0.2, -0.15) is 0 Å². The number of nitrogens with one attached hydrogen (secondary N) is 1. The zero-order valence-electron chi connectivity index (χ0n) is 15.5. The lowest BCUT2D eigenvalue weighted by atomic mass is 10.1. The molecule has 0 aliphatic rings. The van der Waals surface area contributed by atoms with Crippen molar-refractivity contribution in [3.63, 3.8) is 0 Å². The summed E-state index contributed by atoms with van der Waals surface area (Å²) < 4.78 is 6.90. The number of nitrogens with zero attached hydrogens (tertiary/aromatic N) is 2. The molecule has 0 radical (unpaired) electrons. The quantitative estimate of drug-likeness (QED) is 0.698. The Bertz CT molecular complexity index is 980. The van der Waals surface area contributed by atoms with Gasteiger partial charge in [0.25, 0.3) is 5.56 Å². The Hall–Kier alpha value is -3.15. The average molecular weight is 365 g/mol. The fourth-order valence-corrected chi connectivity index (χ4v) is 2.90. The molecule has 140 valence electrons. The highest BCUT2D eigenvalue weighted by Gasteiger charge is 2.11. The van der Waals surface area contributed by atoms with Gasteiger partial charge >= 0.3 is 0 Å². The first-order valence-electron chi connectivity index (χ1n) is 9.04. The van der Waals surface area contributed by atoms with Gasteiger partial charge in [0.15, 0.2) is 0 Å². The molecule has 0 aliphatic heterocycles. The Labute approximate surface area is 157 Å². The van der Waals surface area contributed by atoms with E-state index in [2.05, 4.69) is 10.3 Å². The van der Waals surface area contributed by atoms with Crippen LogP contribution in [0.3, 0.4) is 0 Å². The van der Waals surface area contributed by atoms with Gasteiger partial charge < -0.3 is 10.1 Å². The van der Waals surface area contributed by atoms with Crippen LogP contribution in [0.4, 0.5) is 0 Å². The standard InChI is InChI=1S/C21H23N3O3/c1-3-27-17-10-8-16(9-11-17)15(2)23-20(25)12-13-24-14-22-19-7-5-4-6-18(19)21(24)26/h4-11,14-15H,3,12-13H2,1-2H3,(H,23,25). The van der Waals surface area contributed by atoms with Crippen molar-refractivity contribution in [3.8, 4) is 5.75 Å². The largest absolute Gasteiger partial charge is 0.494 e. The molecule has 0 spiro atoms. The topological polar surface area (TPSA) is 73.2 Å². The van der Waals surface area contributed by atoms with Crippen molar-refractivity contribution >= 4 is 16.8 Å². The van der Waals surface area contributed by atoms with Crippen molar-refractivity contribution in [2.75, 3.05) is 6.61 Å². The molecule has 0 fully saturated rings. The maximum Gasteiger partial charge on any atom is 0.261 e. The van der Waals surface area contributed by atoms with E-state index >= 15 is 0 Å². The van der Waals surface area contributed by atoms with E-state index in [1.807, 2.05) is 44.2 Å². The van der Waals surface area contributed by atoms with E-state index in [0.29, 0.717) is 24.1 Å². The highest BCUT2D eigenvalue weighted by atomic mass is 16.5. The van der Waals surface area contributed by atoms with Gasteiger partial charge in [-0.25, -0.2) is 4.98 Å². The van der Waals surface area contributed by atoms with Crippen LogP contribution in [-0.2, 0) is 11.3 Å². The number of carbonyl (C=O) groups excluding carboxylic acids is 1. The summed E-state index contributed by atoms with van der Waals surface area (Å²) in [6.07, 6.45) is 1.70. The molecule has 27 heavy (non-hydrogen) atoms. The number of hydrogen-bond acceptors (Lipinski definition) is 4. The highest BCUT2D eigenvalue weighted by molar-refractivity contribution is 5.77. The Balaban J connectivity index is 1.59. The summed E-state index contributed by atoms with van der Waals surface area (Å²) in [6, 6.07) is 14.7. The van der Waals surface area contributed by atoms with Crippen LogP contribution in [0.1, 0.15) is 31.9 Å². The third kappa shape index (κ3) is 4.53. The molecule has 1 heterocycles. The third-order valence-electron chi connectivity index (χ3n) is 4.38. The SMILES string of the molecule is CCOc1ccc(C(C)NC(=O)CCn2cnc3ccccc3c2=O)cc1. The first-order valence-corrected chi connectivity index (χ1v) is 9.04. The van der Waals surface area contributed by atoms with Gasteiger partial charge in [0, 0.05) is 13.0 Å². The number of ether oxygens (including phenoxy) is 1. The molecule has 1 N–H and O–H groups in total. The maximum atomic E-state index is 12.4. The molecule has 3 rings (SSSR count). The molecule has 6 nitrogen and oxygen atoms in total. The van der Waals surface area contributed by atoms with E-state index in [9.17, 15) is 9.59 Å². The number of carbonyl (C=O) groups is 1. The molecule has 1 unspecified atom stereocenters. The van der Waals surface area contributed by atoms with Crippen LogP contribution in [0.5, 0.6) is 5.75 Å². The van der Waals surface area contributed by atoms with E-state index in [1.165, 1.54) is 10.9 Å². The minimum atomic E-state index is -0.132. The van der Waals surface area contributed by atoms with Crippen molar-refractivity contribution in [2.24, 2.45) is 0 Å². The molecule has 6 heteroatoms. The zero-order chi connectivity index (χ0) is 19.2. The van der Waals surface area contributed by atoms with Gasteiger partial charge in [0.1, 0.15) is 5.75 Å². The predicted molar refractivity (Wildman–Crippen MR) is 105 cm³/mol. The van der Waals surface area contributed by atoms with Crippen LogP contribution < -0.4 is 15.6 Å². The van der Waals surface area contributed by atoms with E-state index in [4.69, 9.17) is 4.74 Å². The van der Waals surface area contributed by atoms with Crippen molar-refractivity contribution < 1.29 is 9.53 Å². The van der Waals surface area contributed by atoms with Crippen LogP contribution in [-0.4, -0.2) is 22.1 Å². The smallest absolute Gasteiger partial charge is 0.261 e. The summed E-state index contributed by atoms with van der Waals surface area (Å²) in [5, 5.41) is 3.52. The number of aryl methyl sites for hydroxylation is 1. The van der Waals surface area contributed by atoms with E-state index in [-0.39, 0.29) is 23.9 Å². The predicted octanol–water partition coefficient (Wildman–Crippen LogP) is 3.06. The molecular formula is C21H23N3O3. The number of aromatic nitrogens is 2. The monoisotopic (exact) mass is 365 g/mol. The van der Waals surface area contributed by atoms with Crippen LogP contribution >= 0.6 is 0 Å². The lowest BCUT2D eigenvalue weighted by Crippen LogP contribution is -2.29. The molecule has 0 saturated carbocycles. The Kier molecular flexibility index (Phi) is 5.86. The number of hydrogen-bond donors (Lipinski definition) is 1. The molecule has 0 bridgehead atoms. The second-order valence-electron chi connectivity index (χ2n) is 6.30. The minimum Gasteiger partial charge on any atom is -0.494 e. The lowest BCUT2D eigenvalue weighted by molar-refractivity contribution is -0.121. The normalized spacial score (nSPS) is 11.9. The lowest BCUT2D eigenvalue weighted by Gasteiger charge is -2.15. The molecule has 0 saturated heterocycles. The number of benzene rings is 2. The van der Waals surface area contributed by atoms with Crippen molar-refractivity contribution in [3.05, 3.63) is 70.8 Å². The summed E-state index contributed by atoms with van der Waals surface area (Å²) in [4.78, 5) is 29.0. The second-order valence-corrected chi connectivity index (χ2v) is 6.30. The number of para-hydroxylation sites is 1. The first kappa shape index (κ1) is 18.6. The number of amides is 1. The third-order valence-corrected chi connectivity index (χ3v) is 4.38. The van der Waals surface area contributed by atoms with E-state index < -0.39 is 0 Å². The number of fused-ring (bicyclic) bond motifs is 1. The van der Waals surface area contributed by atoms with Gasteiger partial charge in [0.2, 0.25) is 5.91 Å². The molecule has 1 atom stereocenters. The molecule has 0 aliphatic carbocycles. The Morgan fingerprint density at radius 3 is 2.67 bits per heavy atom. The maximum absolute atomic E-state index is 12.4. The van der Waals surface area contributed by atoms with Gasteiger partial charge in [-0.15, -0.1) is 0 Å². The van der Waals surface area contributed by atoms with E-state index in [1.54, 1.807) is 18.2 Å². The molecule has 3 aromatic rings. The fraction of sp³-hybridized carbons (Fsp3) is 0.286. The second kappa shape index (κ2) is 8.49. The molecule has 1 amide bonds. The van der Waals surface area contributed by atoms with Crippen LogP contribution in [0.2, 0.25) is 0 Å². The summed E-state index contributed by atoms with van der Waals surface area (Å²) >= 11 is 0. The van der Waals surface area contributed by atoms with Gasteiger partial charge in [-0.05, 0) is 43.7 Å². The minimum absolute atomic E-state index is 0.114. The molecular weight excluding hydrogens is 342 g/mol. The number of rotatable bonds is 7. The Morgan fingerprint density at radius 2 is 1.93 bits per heavy atom. The van der Waals surface area contributed by atoms with Crippen molar-refractivity contribution in [1.82, 2.24) is 14.9 Å². The summed E-state index contributed by atoms with van der Waals surface area (Å²) in [5.41, 5.74) is 1.52. The van der Waals surface area contributed by atoms with Crippen molar-refractivity contribution in [1.29, 1.82) is 0 Å². The van der Waals surface area contributed by atoms with Gasteiger partial charge in [-0.3, -0.25) is 14.2 Å². The van der Waals surface area contributed by atoms with E-state index in [0.717, 1.165) is 11.3 Å². The first-order chi connectivity index (χ1) is 13.1. The highest BCUT2D eigenvalue weighted by Crippen LogP contribution is 2.17. The van der Waals surface area contributed by atoms with Crippen LogP contribution in [0.15, 0.2) is 59.7 Å². The summed E-state index contributed by atoms with van der Waals surface area (Å²) in [5.74, 6) is 0.694. The molecule has 1 aromatic heterocycles. The van der Waals surface area contributed by atoms with Gasteiger partial charge in [0.05, 0.1) is 29.9 Å². The zero-order valence-corrected chi connectivity index (χ0v) is 15.5. The van der Waals surface area contributed by atoms with Crippen LogP contribution in [0.25, 0.3) is 10.9 Å². The molecule has 2 aromatic carbocycles. The fourth-order valence-electron chi connectivity index (χ4n) is 2.90. The Morgan fingerprint density at radius 1 is 1.19 bits per heavy atom. The van der Waals surface area contributed by atoms with Crippen LogP contribution in [0, 0.1) is 0 Å². The summed E-state index contributed by atoms with van der Waals surface area (Å²) in [7, 11) is 0. The van der Waals surface area contributed by atoms with Gasteiger partial charge in [-0.1, -0.05) is 24.3 Å². The summed E-state index contributed by atoms with van der Waals surface area (Å²) in [6.45, 7) is 4.78. The average Bonchev–Trinajstić information content (AvgIpc) is 2.68. The van der Waals surface area contributed by atoms with Crippen molar-refractivity contribution in [2.45, 2.75) is 32.9 Å².